The summed E-state index contributed by atoms with van der Waals surface area (Å²) in [6.45, 7) is 5.65. The molecule has 0 aliphatic carbocycles. The number of aromatic nitrogens is 1. The first kappa shape index (κ1) is 15.5. The highest BCUT2D eigenvalue weighted by molar-refractivity contribution is 7.17. The van der Waals surface area contributed by atoms with E-state index in [4.69, 9.17) is 4.42 Å². The Balaban J connectivity index is 1.79. The van der Waals surface area contributed by atoms with Gasteiger partial charge in [-0.15, -0.1) is 11.3 Å². The summed E-state index contributed by atoms with van der Waals surface area (Å²) in [6.07, 6.45) is 0. The lowest BCUT2D eigenvalue weighted by Crippen LogP contribution is -2.26. The van der Waals surface area contributed by atoms with Crippen LogP contribution in [0.25, 0.3) is 10.6 Å². The van der Waals surface area contributed by atoms with E-state index in [0.717, 1.165) is 27.8 Å². The zero-order valence-corrected chi connectivity index (χ0v) is 14.1. The third-order valence-corrected chi connectivity index (χ3v) is 4.76. The number of amides is 1. The molecule has 1 amide bonds. The van der Waals surface area contributed by atoms with E-state index in [1.807, 2.05) is 63.2 Å². The minimum Gasteiger partial charge on any atom is -0.464 e. The van der Waals surface area contributed by atoms with Crippen molar-refractivity contribution in [2.75, 3.05) is 0 Å². The Labute approximate surface area is 139 Å². The van der Waals surface area contributed by atoms with Crippen molar-refractivity contribution in [2.45, 2.75) is 26.8 Å². The number of benzene rings is 1. The van der Waals surface area contributed by atoms with Crippen LogP contribution in [0.15, 0.2) is 46.9 Å². The van der Waals surface area contributed by atoms with E-state index >= 15 is 0 Å². The predicted molar refractivity (Wildman–Crippen MR) is 91.6 cm³/mol. The molecule has 0 radical (unpaired) electrons. The molecule has 1 N–H and O–H groups in total. The number of hydrogen-bond acceptors (Lipinski definition) is 4. The largest absolute Gasteiger partial charge is 0.464 e. The molecule has 1 unspecified atom stereocenters. The SMILES string of the molecule is Cc1ccc(C(C)NC(=O)c2sc(-c3ccccc3)nc2C)o1. The van der Waals surface area contributed by atoms with Gasteiger partial charge in [0.1, 0.15) is 21.4 Å². The van der Waals surface area contributed by atoms with Crippen LogP contribution in [0, 0.1) is 13.8 Å². The second kappa shape index (κ2) is 6.38. The second-order valence-corrected chi connectivity index (χ2v) is 6.44. The highest BCUT2D eigenvalue weighted by Crippen LogP contribution is 2.28. The van der Waals surface area contributed by atoms with Gasteiger partial charge in [0.05, 0.1) is 11.7 Å². The number of thiazole rings is 1. The molecule has 2 aromatic heterocycles. The van der Waals surface area contributed by atoms with E-state index in [0.29, 0.717) is 4.88 Å². The molecule has 3 rings (SSSR count). The van der Waals surface area contributed by atoms with Crippen molar-refractivity contribution in [2.24, 2.45) is 0 Å². The molecule has 0 fully saturated rings. The Morgan fingerprint density at radius 2 is 1.91 bits per heavy atom. The van der Waals surface area contributed by atoms with Crippen LogP contribution in [0.3, 0.4) is 0 Å². The van der Waals surface area contributed by atoms with Gasteiger partial charge in [-0.1, -0.05) is 30.3 Å². The van der Waals surface area contributed by atoms with Crippen molar-refractivity contribution in [3.05, 3.63) is 64.6 Å². The quantitative estimate of drug-likeness (QED) is 0.767. The minimum atomic E-state index is -0.183. The molecule has 0 saturated heterocycles. The van der Waals surface area contributed by atoms with Gasteiger partial charge in [-0.3, -0.25) is 4.79 Å². The Kier molecular flexibility index (Phi) is 4.30. The van der Waals surface area contributed by atoms with Crippen LogP contribution in [0.4, 0.5) is 0 Å². The average Bonchev–Trinajstić information content (AvgIpc) is 3.14. The van der Waals surface area contributed by atoms with Gasteiger partial charge in [-0.2, -0.15) is 0 Å². The molecule has 0 aliphatic rings. The third-order valence-electron chi connectivity index (χ3n) is 3.56. The van der Waals surface area contributed by atoms with Crippen molar-refractivity contribution >= 4 is 17.2 Å². The normalized spacial score (nSPS) is 12.1. The summed E-state index contributed by atoms with van der Waals surface area (Å²) >= 11 is 1.41. The Morgan fingerprint density at radius 3 is 2.57 bits per heavy atom. The molecule has 4 nitrogen and oxygen atoms in total. The molecular formula is C18H18N2O2S. The summed E-state index contributed by atoms with van der Waals surface area (Å²) in [7, 11) is 0. The first-order valence-corrected chi connectivity index (χ1v) is 8.26. The Hall–Kier alpha value is -2.40. The van der Waals surface area contributed by atoms with Gasteiger partial charge >= 0.3 is 0 Å². The predicted octanol–water partition coefficient (Wildman–Crippen LogP) is 4.51. The number of nitrogens with one attached hydrogen (secondary N) is 1. The summed E-state index contributed by atoms with van der Waals surface area (Å²) in [5, 5.41) is 3.83. The molecule has 1 atom stereocenters. The molecule has 0 spiro atoms. The van der Waals surface area contributed by atoms with Gasteiger partial charge in [0.2, 0.25) is 0 Å². The van der Waals surface area contributed by atoms with Crippen LogP contribution >= 0.6 is 11.3 Å². The first-order valence-electron chi connectivity index (χ1n) is 7.44. The average molecular weight is 326 g/mol. The molecule has 0 aliphatic heterocycles. The molecule has 1 aromatic carbocycles. The Bertz CT molecular complexity index is 821. The van der Waals surface area contributed by atoms with Gasteiger partial charge < -0.3 is 9.73 Å². The molecule has 23 heavy (non-hydrogen) atoms. The number of nitrogens with zero attached hydrogens (tertiary/aromatic N) is 1. The fraction of sp³-hybridized carbons (Fsp3) is 0.222. The number of rotatable bonds is 4. The Morgan fingerprint density at radius 1 is 1.17 bits per heavy atom. The van der Waals surface area contributed by atoms with Crippen LogP contribution in [0.2, 0.25) is 0 Å². The van der Waals surface area contributed by atoms with Crippen LogP contribution < -0.4 is 5.32 Å². The van der Waals surface area contributed by atoms with E-state index < -0.39 is 0 Å². The zero-order valence-electron chi connectivity index (χ0n) is 13.3. The number of aryl methyl sites for hydroxylation is 2. The van der Waals surface area contributed by atoms with E-state index in [1.54, 1.807) is 0 Å². The second-order valence-electron chi connectivity index (χ2n) is 5.44. The van der Waals surface area contributed by atoms with Gasteiger partial charge in [-0.25, -0.2) is 4.98 Å². The summed E-state index contributed by atoms with van der Waals surface area (Å²) in [5.74, 6) is 1.46. The number of hydrogen-bond donors (Lipinski definition) is 1. The molecule has 0 saturated carbocycles. The maximum Gasteiger partial charge on any atom is 0.263 e. The minimum absolute atomic E-state index is 0.122. The summed E-state index contributed by atoms with van der Waals surface area (Å²) in [5.41, 5.74) is 1.77. The molecule has 2 heterocycles. The van der Waals surface area contributed by atoms with Crippen molar-refractivity contribution < 1.29 is 9.21 Å². The highest BCUT2D eigenvalue weighted by Gasteiger charge is 2.19. The standard InChI is InChI=1S/C18H18N2O2S/c1-11-9-10-15(22-11)12(2)19-17(21)16-13(3)20-18(23-16)14-7-5-4-6-8-14/h4-10,12H,1-3H3,(H,19,21). The number of furan rings is 1. The number of carbonyl (C=O) groups excluding carboxylic acids is 1. The van der Waals surface area contributed by atoms with Crippen molar-refractivity contribution in [3.8, 4) is 10.6 Å². The fourth-order valence-electron chi connectivity index (χ4n) is 2.33. The first-order chi connectivity index (χ1) is 11.0. The van der Waals surface area contributed by atoms with E-state index in [1.165, 1.54) is 11.3 Å². The van der Waals surface area contributed by atoms with Gasteiger partial charge in [0, 0.05) is 5.56 Å². The van der Waals surface area contributed by atoms with Crippen LogP contribution in [0.5, 0.6) is 0 Å². The highest BCUT2D eigenvalue weighted by atomic mass is 32.1. The van der Waals surface area contributed by atoms with Gasteiger partial charge in [0.15, 0.2) is 0 Å². The van der Waals surface area contributed by atoms with Crippen LogP contribution in [-0.2, 0) is 0 Å². The van der Waals surface area contributed by atoms with Crippen LogP contribution in [-0.4, -0.2) is 10.9 Å². The van der Waals surface area contributed by atoms with Gasteiger partial charge in [-0.05, 0) is 32.9 Å². The molecule has 3 aromatic rings. The summed E-state index contributed by atoms with van der Waals surface area (Å²) in [4.78, 5) is 17.7. The monoisotopic (exact) mass is 326 g/mol. The maximum atomic E-state index is 12.5. The van der Waals surface area contributed by atoms with Crippen molar-refractivity contribution in [3.63, 3.8) is 0 Å². The van der Waals surface area contributed by atoms with Crippen molar-refractivity contribution in [1.82, 2.24) is 10.3 Å². The van der Waals surface area contributed by atoms with E-state index in [-0.39, 0.29) is 11.9 Å². The molecule has 0 bridgehead atoms. The van der Waals surface area contributed by atoms with E-state index in [2.05, 4.69) is 10.3 Å². The smallest absolute Gasteiger partial charge is 0.263 e. The lowest BCUT2D eigenvalue weighted by Gasteiger charge is -2.10. The zero-order chi connectivity index (χ0) is 16.4. The van der Waals surface area contributed by atoms with Gasteiger partial charge in [0.25, 0.3) is 5.91 Å². The summed E-state index contributed by atoms with van der Waals surface area (Å²) < 4.78 is 5.56. The van der Waals surface area contributed by atoms with Crippen LogP contribution in [0.1, 0.15) is 39.9 Å². The fourth-order valence-corrected chi connectivity index (χ4v) is 3.31. The summed E-state index contributed by atoms with van der Waals surface area (Å²) in [6, 6.07) is 13.5. The molecule has 118 valence electrons. The molecular weight excluding hydrogens is 308 g/mol. The lowest BCUT2D eigenvalue weighted by atomic mass is 10.2. The maximum absolute atomic E-state index is 12.5. The molecule has 5 heteroatoms. The van der Waals surface area contributed by atoms with Crippen molar-refractivity contribution in [1.29, 1.82) is 0 Å². The van der Waals surface area contributed by atoms with E-state index in [9.17, 15) is 4.79 Å². The third kappa shape index (κ3) is 3.35. The topological polar surface area (TPSA) is 55.1 Å². The number of carbonyl (C=O) groups is 1. The lowest BCUT2D eigenvalue weighted by molar-refractivity contribution is 0.0938.